The van der Waals surface area contributed by atoms with E-state index in [9.17, 15) is 4.79 Å². The summed E-state index contributed by atoms with van der Waals surface area (Å²) >= 11 is 0. The van der Waals surface area contributed by atoms with Crippen LogP contribution in [0.4, 0.5) is 0 Å². The first-order valence-corrected chi connectivity index (χ1v) is 5.99. The van der Waals surface area contributed by atoms with E-state index in [4.69, 9.17) is 5.26 Å². The molecule has 1 heterocycles. The maximum absolute atomic E-state index is 11.3. The van der Waals surface area contributed by atoms with Gasteiger partial charge in [0, 0.05) is 6.54 Å². The fraction of sp³-hybridized carbons (Fsp3) is 0.833. The van der Waals surface area contributed by atoms with Gasteiger partial charge in [-0.2, -0.15) is 5.26 Å². The van der Waals surface area contributed by atoms with Crippen LogP contribution in [-0.4, -0.2) is 37.5 Å². The topological polar surface area (TPSA) is 56.1 Å². The molecule has 0 spiro atoms. The smallest absolute Gasteiger partial charge is 0.237 e. The van der Waals surface area contributed by atoms with Gasteiger partial charge in [0.2, 0.25) is 5.91 Å². The monoisotopic (exact) mass is 223 g/mol. The third-order valence-electron chi connectivity index (χ3n) is 3.28. The molecule has 1 unspecified atom stereocenters. The lowest BCUT2D eigenvalue weighted by atomic mass is 9.94. The Kier molecular flexibility index (Phi) is 5.27. The average Bonchev–Trinajstić information content (AvgIpc) is 2.30. The summed E-state index contributed by atoms with van der Waals surface area (Å²) in [5.74, 6) is 0.0572. The van der Waals surface area contributed by atoms with Crippen LogP contribution in [0, 0.1) is 23.2 Å². The quantitative estimate of drug-likeness (QED) is 0.773. The molecule has 1 rings (SSSR count). The number of carbonyl (C=O) groups is 1. The molecule has 0 aromatic heterocycles. The van der Waals surface area contributed by atoms with Crippen LogP contribution >= 0.6 is 0 Å². The van der Waals surface area contributed by atoms with Crippen molar-refractivity contribution in [2.45, 2.75) is 26.2 Å². The van der Waals surface area contributed by atoms with Crippen LogP contribution in [0.25, 0.3) is 0 Å². The SMILES string of the molecule is CC(C#N)C(=O)NCCC1CCN(C)CC1. The van der Waals surface area contributed by atoms with Crippen molar-refractivity contribution in [3.8, 4) is 6.07 Å². The van der Waals surface area contributed by atoms with Gasteiger partial charge in [-0.1, -0.05) is 0 Å². The van der Waals surface area contributed by atoms with Crippen molar-refractivity contribution in [1.82, 2.24) is 10.2 Å². The number of amides is 1. The van der Waals surface area contributed by atoms with Gasteiger partial charge in [0.05, 0.1) is 6.07 Å². The second-order valence-electron chi connectivity index (χ2n) is 4.68. The maximum Gasteiger partial charge on any atom is 0.237 e. The molecular formula is C12H21N3O. The number of nitrogens with one attached hydrogen (secondary N) is 1. The predicted octanol–water partition coefficient (Wildman–Crippen LogP) is 0.994. The molecule has 1 fully saturated rings. The Morgan fingerprint density at radius 1 is 1.56 bits per heavy atom. The molecule has 4 nitrogen and oxygen atoms in total. The Labute approximate surface area is 97.6 Å². The van der Waals surface area contributed by atoms with Gasteiger partial charge in [-0.3, -0.25) is 4.79 Å². The number of nitriles is 1. The molecule has 0 radical (unpaired) electrons. The van der Waals surface area contributed by atoms with Gasteiger partial charge in [-0.15, -0.1) is 0 Å². The maximum atomic E-state index is 11.3. The molecule has 1 atom stereocenters. The first-order chi connectivity index (χ1) is 7.63. The van der Waals surface area contributed by atoms with Crippen LogP contribution in [0.2, 0.25) is 0 Å². The Hall–Kier alpha value is -1.08. The summed E-state index contributed by atoms with van der Waals surface area (Å²) in [5, 5.41) is 11.4. The van der Waals surface area contributed by atoms with E-state index < -0.39 is 5.92 Å². The second-order valence-corrected chi connectivity index (χ2v) is 4.68. The van der Waals surface area contributed by atoms with E-state index in [-0.39, 0.29) is 5.91 Å². The summed E-state index contributed by atoms with van der Waals surface area (Å²) in [4.78, 5) is 13.7. The van der Waals surface area contributed by atoms with Crippen LogP contribution in [0.1, 0.15) is 26.2 Å². The Bertz CT molecular complexity index is 264. The number of rotatable bonds is 4. The molecule has 0 saturated carbocycles. The van der Waals surface area contributed by atoms with Crippen LogP contribution in [-0.2, 0) is 4.79 Å². The van der Waals surface area contributed by atoms with E-state index >= 15 is 0 Å². The van der Waals surface area contributed by atoms with Crippen LogP contribution in [0.5, 0.6) is 0 Å². The lowest BCUT2D eigenvalue weighted by Gasteiger charge is -2.28. The predicted molar refractivity (Wildman–Crippen MR) is 62.6 cm³/mol. The number of hydrogen-bond donors (Lipinski definition) is 1. The molecule has 90 valence electrons. The van der Waals surface area contributed by atoms with E-state index in [1.165, 1.54) is 12.8 Å². The highest BCUT2D eigenvalue weighted by Crippen LogP contribution is 2.18. The van der Waals surface area contributed by atoms with Crippen molar-refractivity contribution in [1.29, 1.82) is 5.26 Å². The Morgan fingerprint density at radius 3 is 2.75 bits per heavy atom. The number of piperidine rings is 1. The third kappa shape index (κ3) is 4.19. The third-order valence-corrected chi connectivity index (χ3v) is 3.28. The molecule has 1 saturated heterocycles. The largest absolute Gasteiger partial charge is 0.355 e. The summed E-state index contributed by atoms with van der Waals surface area (Å²) in [7, 11) is 2.15. The Morgan fingerprint density at radius 2 is 2.19 bits per heavy atom. The lowest BCUT2D eigenvalue weighted by molar-refractivity contribution is -0.123. The zero-order valence-electron chi connectivity index (χ0n) is 10.2. The Balaban J connectivity index is 2.12. The molecule has 16 heavy (non-hydrogen) atoms. The lowest BCUT2D eigenvalue weighted by Crippen LogP contribution is -2.34. The van der Waals surface area contributed by atoms with Gasteiger partial charge in [0.15, 0.2) is 0 Å². The van der Waals surface area contributed by atoms with Gasteiger partial charge in [0.25, 0.3) is 0 Å². The van der Waals surface area contributed by atoms with Crippen molar-refractivity contribution >= 4 is 5.91 Å². The number of nitrogens with zero attached hydrogens (tertiary/aromatic N) is 2. The number of carbonyl (C=O) groups excluding carboxylic acids is 1. The van der Waals surface area contributed by atoms with E-state index in [1.807, 2.05) is 6.07 Å². The van der Waals surface area contributed by atoms with Gasteiger partial charge < -0.3 is 10.2 Å². The fourth-order valence-electron chi connectivity index (χ4n) is 1.96. The average molecular weight is 223 g/mol. The van der Waals surface area contributed by atoms with E-state index in [1.54, 1.807) is 6.92 Å². The normalized spacial score (nSPS) is 20.1. The molecule has 4 heteroatoms. The van der Waals surface area contributed by atoms with Crippen molar-refractivity contribution in [3.05, 3.63) is 0 Å². The highest BCUT2D eigenvalue weighted by molar-refractivity contribution is 5.80. The minimum Gasteiger partial charge on any atom is -0.355 e. The summed E-state index contributed by atoms with van der Waals surface area (Å²) < 4.78 is 0. The van der Waals surface area contributed by atoms with Crippen molar-refractivity contribution < 1.29 is 4.79 Å². The highest BCUT2D eigenvalue weighted by atomic mass is 16.1. The summed E-state index contributed by atoms with van der Waals surface area (Å²) in [6.45, 7) is 4.66. The van der Waals surface area contributed by atoms with E-state index in [0.29, 0.717) is 6.54 Å². The zero-order chi connectivity index (χ0) is 12.0. The van der Waals surface area contributed by atoms with Crippen molar-refractivity contribution in [3.63, 3.8) is 0 Å². The standard InChI is InChI=1S/C12H21N3O/c1-10(9-13)12(16)14-6-3-11-4-7-15(2)8-5-11/h10-11H,3-8H2,1-2H3,(H,14,16). The number of likely N-dealkylation sites (tertiary alicyclic amines) is 1. The van der Waals surface area contributed by atoms with E-state index in [2.05, 4.69) is 17.3 Å². The van der Waals surface area contributed by atoms with Crippen LogP contribution in [0.15, 0.2) is 0 Å². The van der Waals surface area contributed by atoms with Gasteiger partial charge in [0.1, 0.15) is 5.92 Å². The molecule has 1 N–H and O–H groups in total. The molecule has 0 aromatic rings. The van der Waals surface area contributed by atoms with Crippen LogP contribution < -0.4 is 5.32 Å². The van der Waals surface area contributed by atoms with E-state index in [0.717, 1.165) is 25.4 Å². The van der Waals surface area contributed by atoms with Crippen molar-refractivity contribution in [2.75, 3.05) is 26.7 Å². The zero-order valence-corrected chi connectivity index (χ0v) is 10.2. The molecule has 0 aliphatic carbocycles. The molecule has 0 aromatic carbocycles. The summed E-state index contributed by atoms with van der Waals surface area (Å²) in [6, 6.07) is 1.94. The fourth-order valence-corrected chi connectivity index (χ4v) is 1.96. The van der Waals surface area contributed by atoms with Gasteiger partial charge >= 0.3 is 0 Å². The summed E-state index contributed by atoms with van der Waals surface area (Å²) in [5.41, 5.74) is 0. The van der Waals surface area contributed by atoms with Gasteiger partial charge in [-0.05, 0) is 52.2 Å². The minimum absolute atomic E-state index is 0.143. The number of hydrogen-bond acceptors (Lipinski definition) is 3. The van der Waals surface area contributed by atoms with Crippen molar-refractivity contribution in [2.24, 2.45) is 11.8 Å². The highest BCUT2D eigenvalue weighted by Gasteiger charge is 2.17. The molecular weight excluding hydrogens is 202 g/mol. The minimum atomic E-state index is -0.530. The first-order valence-electron chi connectivity index (χ1n) is 5.99. The molecule has 1 aliphatic heterocycles. The van der Waals surface area contributed by atoms with Gasteiger partial charge in [-0.25, -0.2) is 0 Å². The summed E-state index contributed by atoms with van der Waals surface area (Å²) in [6.07, 6.45) is 3.48. The van der Waals surface area contributed by atoms with Crippen LogP contribution in [0.3, 0.4) is 0 Å². The molecule has 1 aliphatic rings. The molecule has 1 amide bonds. The molecule has 0 bridgehead atoms. The first kappa shape index (κ1) is 13.0. The second kappa shape index (κ2) is 6.49.